The van der Waals surface area contributed by atoms with Gasteiger partial charge in [0.2, 0.25) is 15.9 Å². The Bertz CT molecular complexity index is 1100. The maximum atomic E-state index is 13.8. The van der Waals surface area contributed by atoms with Crippen LogP contribution in [0.25, 0.3) is 0 Å². The lowest BCUT2D eigenvalue weighted by molar-refractivity contribution is -0.116. The van der Waals surface area contributed by atoms with Crippen LogP contribution in [0.4, 0.5) is 5.69 Å². The minimum atomic E-state index is -3.79. The molecular formula is C24H30N2O5S. The molecule has 8 heteroatoms. The number of sulfonamides is 1. The lowest BCUT2D eigenvalue weighted by atomic mass is 10.1. The zero-order valence-electron chi connectivity index (χ0n) is 18.8. The number of fused-ring (bicyclic) bond motifs is 1. The second-order valence-electron chi connectivity index (χ2n) is 8.48. The molecule has 0 spiro atoms. The van der Waals surface area contributed by atoms with Gasteiger partial charge in [0.1, 0.15) is 5.75 Å². The second kappa shape index (κ2) is 9.21. The van der Waals surface area contributed by atoms with Crippen molar-refractivity contribution >= 4 is 21.6 Å². The number of carbonyl (C=O) groups is 1. The molecule has 0 N–H and O–H groups in total. The van der Waals surface area contributed by atoms with Gasteiger partial charge >= 0.3 is 0 Å². The quantitative estimate of drug-likeness (QED) is 0.636. The number of amides is 1. The Kier molecular flexibility index (Phi) is 6.55. The molecule has 0 aliphatic carbocycles. The minimum Gasteiger partial charge on any atom is -0.496 e. The van der Waals surface area contributed by atoms with Crippen LogP contribution >= 0.6 is 0 Å². The van der Waals surface area contributed by atoms with E-state index < -0.39 is 10.0 Å². The van der Waals surface area contributed by atoms with E-state index in [1.54, 1.807) is 30.2 Å². The number of rotatable bonds is 7. The van der Waals surface area contributed by atoms with Crippen LogP contribution in [0.5, 0.6) is 5.75 Å². The summed E-state index contributed by atoms with van der Waals surface area (Å²) in [7, 11) is -2.21. The molecule has 2 heterocycles. The van der Waals surface area contributed by atoms with E-state index in [1.807, 2.05) is 31.2 Å². The summed E-state index contributed by atoms with van der Waals surface area (Å²) in [4.78, 5) is 14.0. The van der Waals surface area contributed by atoms with E-state index in [0.717, 1.165) is 29.7 Å². The summed E-state index contributed by atoms with van der Waals surface area (Å²) in [6.45, 7) is 4.64. The number of carbonyl (C=O) groups excluding carboxylic acids is 1. The SMILES string of the molecule is COc1ccccc1CN(CC1CCCO1)S(=O)(=O)c1ccc2c(c1)CC(C)N2C(C)=O. The maximum absolute atomic E-state index is 13.8. The highest BCUT2D eigenvalue weighted by Crippen LogP contribution is 2.35. The summed E-state index contributed by atoms with van der Waals surface area (Å²) in [6.07, 6.45) is 2.29. The summed E-state index contributed by atoms with van der Waals surface area (Å²) >= 11 is 0. The fraction of sp³-hybridized carbons (Fsp3) is 0.458. The average Bonchev–Trinajstić information content (AvgIpc) is 3.39. The normalized spacial score (nSPS) is 20.6. The second-order valence-corrected chi connectivity index (χ2v) is 10.4. The topological polar surface area (TPSA) is 76.2 Å². The molecule has 0 saturated carbocycles. The molecule has 0 radical (unpaired) electrons. The number of methoxy groups -OCH3 is 1. The first-order valence-corrected chi connectivity index (χ1v) is 12.4. The number of ether oxygens (including phenoxy) is 2. The third-order valence-corrected chi connectivity index (χ3v) is 8.02. The monoisotopic (exact) mass is 458 g/mol. The Morgan fingerprint density at radius 2 is 2.03 bits per heavy atom. The van der Waals surface area contributed by atoms with E-state index in [0.29, 0.717) is 18.8 Å². The molecule has 2 aromatic rings. The molecule has 2 aliphatic rings. The van der Waals surface area contributed by atoms with Crippen molar-refractivity contribution in [3.8, 4) is 5.75 Å². The molecule has 2 atom stereocenters. The molecular weight excluding hydrogens is 428 g/mol. The fourth-order valence-electron chi connectivity index (χ4n) is 4.68. The zero-order chi connectivity index (χ0) is 22.9. The van der Waals surface area contributed by atoms with E-state index in [2.05, 4.69) is 0 Å². The Morgan fingerprint density at radius 3 is 2.72 bits per heavy atom. The first-order valence-electron chi connectivity index (χ1n) is 11.0. The molecule has 7 nitrogen and oxygen atoms in total. The molecule has 1 saturated heterocycles. The molecule has 1 amide bonds. The highest BCUT2D eigenvalue weighted by Gasteiger charge is 2.33. The first kappa shape index (κ1) is 22.8. The predicted octanol–water partition coefficient (Wildman–Crippen LogP) is 3.36. The van der Waals surface area contributed by atoms with Crippen molar-refractivity contribution in [3.05, 3.63) is 53.6 Å². The molecule has 1 fully saturated rings. The smallest absolute Gasteiger partial charge is 0.243 e. The van der Waals surface area contributed by atoms with E-state index >= 15 is 0 Å². The van der Waals surface area contributed by atoms with Crippen molar-refractivity contribution in [1.29, 1.82) is 0 Å². The third-order valence-electron chi connectivity index (χ3n) is 6.21. The van der Waals surface area contributed by atoms with Gasteiger partial charge in [0.05, 0.1) is 18.1 Å². The van der Waals surface area contributed by atoms with Crippen LogP contribution in [-0.2, 0) is 32.5 Å². The third kappa shape index (κ3) is 4.40. The standard InChI is InChI=1S/C24H30N2O5S/c1-17-13-20-14-22(10-11-23(20)26(17)18(2)27)32(28,29)25(16-21-8-6-12-31-21)15-19-7-4-5-9-24(19)30-3/h4-5,7,9-11,14,17,21H,6,8,12-13,15-16H2,1-3H3. The average molecular weight is 459 g/mol. The maximum Gasteiger partial charge on any atom is 0.243 e. The van der Waals surface area contributed by atoms with Gasteiger partial charge in [-0.2, -0.15) is 4.31 Å². The van der Waals surface area contributed by atoms with Gasteiger partial charge in [-0.25, -0.2) is 8.42 Å². The number of hydrogen-bond acceptors (Lipinski definition) is 5. The minimum absolute atomic E-state index is 0.0111. The number of nitrogens with zero attached hydrogens (tertiary/aromatic N) is 2. The summed E-state index contributed by atoms with van der Waals surface area (Å²) in [5.74, 6) is 0.614. The van der Waals surface area contributed by atoms with Crippen LogP contribution < -0.4 is 9.64 Å². The van der Waals surface area contributed by atoms with Crippen molar-refractivity contribution in [3.63, 3.8) is 0 Å². The van der Waals surface area contributed by atoms with Crippen molar-refractivity contribution in [1.82, 2.24) is 4.31 Å². The molecule has 2 aromatic carbocycles. The van der Waals surface area contributed by atoms with Gasteiger partial charge in [-0.15, -0.1) is 0 Å². The summed E-state index contributed by atoms with van der Waals surface area (Å²) in [5.41, 5.74) is 2.47. The largest absolute Gasteiger partial charge is 0.496 e. The van der Waals surface area contributed by atoms with Crippen LogP contribution in [0.3, 0.4) is 0 Å². The summed E-state index contributed by atoms with van der Waals surface area (Å²) in [6, 6.07) is 12.5. The van der Waals surface area contributed by atoms with Gasteiger partial charge in [0.25, 0.3) is 0 Å². The lowest BCUT2D eigenvalue weighted by Crippen LogP contribution is -2.37. The van der Waals surface area contributed by atoms with Crippen LogP contribution in [0.15, 0.2) is 47.4 Å². The first-order chi connectivity index (χ1) is 15.3. The number of para-hydroxylation sites is 1. The molecule has 2 aliphatic heterocycles. The molecule has 0 aromatic heterocycles. The van der Waals surface area contributed by atoms with Gasteiger partial charge in [0, 0.05) is 43.9 Å². The summed E-state index contributed by atoms with van der Waals surface area (Å²) in [5, 5.41) is 0. The Labute approximate surface area is 190 Å². The Hall–Kier alpha value is -2.42. The van der Waals surface area contributed by atoms with Gasteiger partial charge < -0.3 is 14.4 Å². The van der Waals surface area contributed by atoms with E-state index in [4.69, 9.17) is 9.47 Å². The number of hydrogen-bond donors (Lipinski definition) is 0. The van der Waals surface area contributed by atoms with E-state index in [9.17, 15) is 13.2 Å². The fourth-order valence-corrected chi connectivity index (χ4v) is 6.18. The highest BCUT2D eigenvalue weighted by atomic mass is 32.2. The Balaban J connectivity index is 1.68. The zero-order valence-corrected chi connectivity index (χ0v) is 19.6. The van der Waals surface area contributed by atoms with Gasteiger partial charge in [-0.1, -0.05) is 18.2 Å². The van der Waals surface area contributed by atoms with Crippen molar-refractivity contribution in [2.75, 3.05) is 25.2 Å². The molecule has 2 unspecified atom stereocenters. The van der Waals surface area contributed by atoms with Crippen LogP contribution in [0, 0.1) is 0 Å². The lowest BCUT2D eigenvalue weighted by Gasteiger charge is -2.26. The van der Waals surface area contributed by atoms with Crippen LogP contribution in [0.1, 0.15) is 37.8 Å². The number of anilines is 1. The van der Waals surface area contributed by atoms with Gasteiger partial charge in [0.15, 0.2) is 0 Å². The molecule has 0 bridgehead atoms. The molecule has 172 valence electrons. The van der Waals surface area contributed by atoms with Crippen LogP contribution in [0.2, 0.25) is 0 Å². The predicted molar refractivity (Wildman–Crippen MR) is 122 cm³/mol. The summed E-state index contributed by atoms with van der Waals surface area (Å²) < 4.78 is 40.2. The van der Waals surface area contributed by atoms with E-state index in [1.165, 1.54) is 11.2 Å². The van der Waals surface area contributed by atoms with Crippen molar-refractivity contribution in [2.45, 2.75) is 56.7 Å². The van der Waals surface area contributed by atoms with Gasteiger partial charge in [-0.3, -0.25) is 4.79 Å². The number of benzene rings is 2. The van der Waals surface area contributed by atoms with Crippen molar-refractivity contribution < 1.29 is 22.7 Å². The van der Waals surface area contributed by atoms with E-state index in [-0.39, 0.29) is 36.0 Å². The van der Waals surface area contributed by atoms with Crippen LogP contribution in [-0.4, -0.2) is 51.0 Å². The molecule has 32 heavy (non-hydrogen) atoms. The van der Waals surface area contributed by atoms with Gasteiger partial charge in [-0.05, 0) is 56.0 Å². The highest BCUT2D eigenvalue weighted by molar-refractivity contribution is 7.89. The Morgan fingerprint density at radius 1 is 1.25 bits per heavy atom. The molecule has 4 rings (SSSR count). The van der Waals surface area contributed by atoms with Crippen molar-refractivity contribution in [2.24, 2.45) is 0 Å².